The molecule has 1 amide bonds. The number of carbonyl (C=O) groups excluding carboxylic acids is 1. The van der Waals surface area contributed by atoms with E-state index < -0.39 is 22.0 Å². The summed E-state index contributed by atoms with van der Waals surface area (Å²) in [6, 6.07) is 4.19. The van der Waals surface area contributed by atoms with Crippen molar-refractivity contribution in [3.05, 3.63) is 28.2 Å². The highest BCUT2D eigenvalue weighted by Crippen LogP contribution is 2.30. The lowest BCUT2D eigenvalue weighted by Gasteiger charge is -2.21. The Bertz CT molecular complexity index is 634. The third-order valence-electron chi connectivity index (χ3n) is 3.14. The summed E-state index contributed by atoms with van der Waals surface area (Å²) >= 11 is 11.9. The molecule has 110 valence electrons. The van der Waals surface area contributed by atoms with E-state index in [4.69, 9.17) is 23.2 Å². The number of carbonyl (C=O) groups is 1. The Morgan fingerprint density at radius 3 is 2.75 bits per heavy atom. The van der Waals surface area contributed by atoms with Crippen LogP contribution < -0.4 is 5.32 Å². The van der Waals surface area contributed by atoms with Gasteiger partial charge in [0.25, 0.3) is 0 Å². The van der Waals surface area contributed by atoms with Crippen LogP contribution in [0, 0.1) is 0 Å². The Balaban J connectivity index is 2.18. The highest BCUT2D eigenvalue weighted by molar-refractivity contribution is 7.88. The monoisotopic (exact) mass is 336 g/mol. The van der Waals surface area contributed by atoms with Gasteiger partial charge >= 0.3 is 0 Å². The largest absolute Gasteiger partial charge is 0.323 e. The van der Waals surface area contributed by atoms with Crippen molar-refractivity contribution in [2.45, 2.75) is 18.9 Å². The van der Waals surface area contributed by atoms with E-state index in [1.165, 1.54) is 4.31 Å². The highest BCUT2D eigenvalue weighted by atomic mass is 35.5. The van der Waals surface area contributed by atoms with Crippen LogP contribution in [0.4, 0.5) is 5.69 Å². The average Bonchev–Trinajstić information content (AvgIpc) is 2.84. The molecule has 1 fully saturated rings. The number of anilines is 1. The summed E-state index contributed by atoms with van der Waals surface area (Å²) in [5.41, 5.74) is 0.379. The van der Waals surface area contributed by atoms with Crippen LogP contribution in [0.25, 0.3) is 0 Å². The second-order valence-electron chi connectivity index (χ2n) is 4.62. The molecule has 1 N–H and O–H groups in total. The maximum atomic E-state index is 12.2. The normalized spacial score (nSPS) is 20.1. The van der Waals surface area contributed by atoms with Gasteiger partial charge < -0.3 is 5.32 Å². The molecular formula is C12H14Cl2N2O3S. The molecule has 0 bridgehead atoms. The van der Waals surface area contributed by atoms with Gasteiger partial charge in [-0.1, -0.05) is 29.3 Å². The molecule has 1 aliphatic heterocycles. The standard InChI is InChI=1S/C12H14Cl2N2O3S/c1-20(18,19)16-7-3-6-10(16)12(17)15-9-5-2-4-8(13)11(9)14/h2,4-5,10H,3,6-7H2,1H3,(H,15,17). The number of nitrogens with one attached hydrogen (secondary N) is 1. The summed E-state index contributed by atoms with van der Waals surface area (Å²) in [7, 11) is -3.39. The van der Waals surface area contributed by atoms with Crippen molar-refractivity contribution < 1.29 is 13.2 Å². The van der Waals surface area contributed by atoms with Crippen LogP contribution in [-0.2, 0) is 14.8 Å². The number of benzene rings is 1. The van der Waals surface area contributed by atoms with Crippen LogP contribution in [0.1, 0.15) is 12.8 Å². The number of nitrogens with zero attached hydrogens (tertiary/aromatic N) is 1. The maximum Gasteiger partial charge on any atom is 0.242 e. The van der Waals surface area contributed by atoms with Gasteiger partial charge in [-0.05, 0) is 25.0 Å². The number of hydrogen-bond donors (Lipinski definition) is 1. The molecule has 1 heterocycles. The average molecular weight is 337 g/mol. The third kappa shape index (κ3) is 3.25. The summed E-state index contributed by atoms with van der Waals surface area (Å²) in [5, 5.41) is 3.21. The fraction of sp³-hybridized carbons (Fsp3) is 0.417. The zero-order chi connectivity index (χ0) is 14.9. The Morgan fingerprint density at radius 2 is 2.10 bits per heavy atom. The number of rotatable bonds is 3. The molecule has 1 aromatic rings. The Hall–Kier alpha value is -0.820. The van der Waals surface area contributed by atoms with Gasteiger partial charge in [0.05, 0.1) is 22.0 Å². The summed E-state index contributed by atoms with van der Waals surface area (Å²) in [6.45, 7) is 0.361. The van der Waals surface area contributed by atoms with Crippen molar-refractivity contribution in [2.24, 2.45) is 0 Å². The molecule has 1 unspecified atom stereocenters. The molecule has 0 radical (unpaired) electrons. The first-order chi connectivity index (χ1) is 9.30. The quantitative estimate of drug-likeness (QED) is 0.921. The van der Waals surface area contributed by atoms with E-state index >= 15 is 0 Å². The minimum Gasteiger partial charge on any atom is -0.323 e. The van der Waals surface area contributed by atoms with Crippen molar-refractivity contribution >= 4 is 44.8 Å². The molecule has 0 aromatic heterocycles. The first-order valence-corrected chi connectivity index (χ1v) is 8.63. The van der Waals surface area contributed by atoms with E-state index in [1.54, 1.807) is 18.2 Å². The van der Waals surface area contributed by atoms with Crippen LogP contribution in [0.3, 0.4) is 0 Å². The van der Waals surface area contributed by atoms with Crippen molar-refractivity contribution in [3.8, 4) is 0 Å². The molecular weight excluding hydrogens is 323 g/mol. The van der Waals surface area contributed by atoms with E-state index in [0.717, 1.165) is 6.26 Å². The molecule has 1 aliphatic rings. The molecule has 2 rings (SSSR count). The van der Waals surface area contributed by atoms with Crippen LogP contribution in [0.15, 0.2) is 18.2 Å². The van der Waals surface area contributed by atoms with Gasteiger partial charge in [-0.2, -0.15) is 4.31 Å². The molecule has 1 atom stereocenters. The van der Waals surface area contributed by atoms with E-state index in [9.17, 15) is 13.2 Å². The molecule has 1 saturated heterocycles. The maximum absolute atomic E-state index is 12.2. The molecule has 0 saturated carbocycles. The number of halogens is 2. The Morgan fingerprint density at radius 1 is 1.40 bits per heavy atom. The van der Waals surface area contributed by atoms with Crippen molar-refractivity contribution in [2.75, 3.05) is 18.1 Å². The molecule has 20 heavy (non-hydrogen) atoms. The SMILES string of the molecule is CS(=O)(=O)N1CCCC1C(=O)Nc1cccc(Cl)c1Cl. The van der Waals surface area contributed by atoms with Crippen LogP contribution >= 0.6 is 23.2 Å². The van der Waals surface area contributed by atoms with Gasteiger partial charge in [0.15, 0.2) is 0 Å². The first-order valence-electron chi connectivity index (χ1n) is 6.02. The van der Waals surface area contributed by atoms with Gasteiger partial charge in [-0.25, -0.2) is 8.42 Å². The smallest absolute Gasteiger partial charge is 0.242 e. The minimum absolute atomic E-state index is 0.242. The third-order valence-corrected chi connectivity index (χ3v) is 5.25. The van der Waals surface area contributed by atoms with Crippen LogP contribution in [0.5, 0.6) is 0 Å². The van der Waals surface area contributed by atoms with Crippen LogP contribution in [-0.4, -0.2) is 37.5 Å². The van der Waals surface area contributed by atoms with Gasteiger partial charge in [0.2, 0.25) is 15.9 Å². The second-order valence-corrected chi connectivity index (χ2v) is 7.34. The summed E-state index contributed by atoms with van der Waals surface area (Å²) in [5.74, 6) is -0.392. The summed E-state index contributed by atoms with van der Waals surface area (Å²) in [4.78, 5) is 12.2. The Kier molecular flexibility index (Phi) is 4.59. The predicted octanol–water partition coefficient (Wildman–Crippen LogP) is 2.36. The van der Waals surface area contributed by atoms with Crippen molar-refractivity contribution in [1.82, 2.24) is 4.31 Å². The number of sulfonamides is 1. The lowest BCUT2D eigenvalue weighted by atomic mass is 10.2. The zero-order valence-electron chi connectivity index (χ0n) is 10.8. The fourth-order valence-corrected chi connectivity index (χ4v) is 3.69. The molecule has 0 aliphatic carbocycles. The summed E-state index contributed by atoms with van der Waals surface area (Å²) in [6.07, 6.45) is 2.26. The predicted molar refractivity (Wildman–Crippen MR) is 79.7 cm³/mol. The molecule has 8 heteroatoms. The van der Waals surface area contributed by atoms with E-state index in [1.807, 2.05) is 0 Å². The second kappa shape index (κ2) is 5.89. The lowest BCUT2D eigenvalue weighted by molar-refractivity contribution is -0.119. The van der Waals surface area contributed by atoms with Gasteiger partial charge in [0.1, 0.15) is 6.04 Å². The lowest BCUT2D eigenvalue weighted by Crippen LogP contribution is -2.42. The van der Waals surface area contributed by atoms with Crippen molar-refractivity contribution in [1.29, 1.82) is 0 Å². The summed E-state index contributed by atoms with van der Waals surface area (Å²) < 4.78 is 24.5. The topological polar surface area (TPSA) is 66.5 Å². The van der Waals surface area contributed by atoms with Gasteiger partial charge in [-0.3, -0.25) is 4.79 Å². The van der Waals surface area contributed by atoms with E-state index in [-0.39, 0.29) is 5.02 Å². The first kappa shape index (κ1) is 15.6. The molecule has 0 spiro atoms. The number of amides is 1. The van der Waals surface area contributed by atoms with Gasteiger partial charge in [-0.15, -0.1) is 0 Å². The van der Waals surface area contributed by atoms with Crippen molar-refractivity contribution in [3.63, 3.8) is 0 Å². The zero-order valence-corrected chi connectivity index (χ0v) is 13.1. The van der Waals surface area contributed by atoms with E-state index in [2.05, 4.69) is 5.32 Å². The van der Waals surface area contributed by atoms with Gasteiger partial charge in [0, 0.05) is 6.54 Å². The molecule has 5 nitrogen and oxygen atoms in total. The fourth-order valence-electron chi connectivity index (χ4n) is 2.22. The number of hydrogen-bond acceptors (Lipinski definition) is 3. The Labute approximate surface area is 127 Å². The highest BCUT2D eigenvalue weighted by Gasteiger charge is 2.36. The minimum atomic E-state index is -3.39. The molecule has 1 aromatic carbocycles. The van der Waals surface area contributed by atoms with Crippen LogP contribution in [0.2, 0.25) is 10.0 Å². The van der Waals surface area contributed by atoms with E-state index in [0.29, 0.717) is 30.1 Å².